The summed E-state index contributed by atoms with van der Waals surface area (Å²) in [5.41, 5.74) is 2.80. The van der Waals surface area contributed by atoms with Gasteiger partial charge in [0.05, 0.1) is 0 Å². The molecule has 4 aliphatic heterocycles. The number of nitrogens with zero attached hydrogens (tertiary/aromatic N) is 2. The van der Waals surface area contributed by atoms with E-state index in [4.69, 9.17) is 0 Å². The average Bonchev–Trinajstić information content (AvgIpc) is 3.04. The lowest BCUT2D eigenvalue weighted by Crippen LogP contribution is -2.59. The van der Waals surface area contributed by atoms with Crippen LogP contribution in [0.5, 0.6) is 0 Å². The number of fused-ring (bicyclic) bond motifs is 1. The van der Waals surface area contributed by atoms with Gasteiger partial charge in [0.2, 0.25) is 11.8 Å². The molecule has 5 rings (SSSR count). The standard InChI is InChI=1S/C23H31N5O3/c29-21-4-3-20(22(30)26-21)28-14-17-9-16(1-2-19(17)23(28)31)11-24-10-15-5-7-27(8-6-15)18-12-25-13-18/h1-2,9,15,18,20,24-25H,3-8,10-14H2,(H,26,29,30). The SMILES string of the molecule is O=C1CCC(N2Cc3cc(CNCC4CCN(C5CNC5)CC4)ccc3C2=O)C(=O)N1. The Morgan fingerprint density at radius 3 is 2.58 bits per heavy atom. The van der Waals surface area contributed by atoms with Gasteiger partial charge >= 0.3 is 0 Å². The highest BCUT2D eigenvalue weighted by molar-refractivity contribution is 6.05. The van der Waals surface area contributed by atoms with E-state index in [1.807, 2.05) is 12.1 Å². The number of carbonyl (C=O) groups is 3. The lowest BCUT2D eigenvalue weighted by atomic mass is 9.94. The first-order chi connectivity index (χ1) is 15.1. The topological polar surface area (TPSA) is 93.8 Å². The van der Waals surface area contributed by atoms with Gasteiger partial charge in [0.1, 0.15) is 6.04 Å². The van der Waals surface area contributed by atoms with E-state index in [2.05, 4.69) is 26.9 Å². The van der Waals surface area contributed by atoms with Crippen LogP contribution in [-0.4, -0.2) is 72.3 Å². The highest BCUT2D eigenvalue weighted by atomic mass is 16.2. The van der Waals surface area contributed by atoms with Gasteiger partial charge in [0.25, 0.3) is 5.91 Å². The molecule has 0 saturated carbocycles. The van der Waals surface area contributed by atoms with Crippen LogP contribution in [0.4, 0.5) is 0 Å². The van der Waals surface area contributed by atoms with Gasteiger partial charge in [-0.2, -0.15) is 0 Å². The number of hydrogen-bond donors (Lipinski definition) is 3. The molecule has 0 aliphatic carbocycles. The predicted octanol–water partition coefficient (Wildman–Crippen LogP) is 0.221. The number of carbonyl (C=O) groups excluding carboxylic acids is 3. The van der Waals surface area contributed by atoms with Crippen molar-refractivity contribution in [3.63, 3.8) is 0 Å². The summed E-state index contributed by atoms with van der Waals surface area (Å²) >= 11 is 0. The monoisotopic (exact) mass is 425 g/mol. The molecular formula is C23H31N5O3. The summed E-state index contributed by atoms with van der Waals surface area (Å²) in [6, 6.07) is 6.16. The Balaban J connectivity index is 1.12. The molecule has 0 aromatic heterocycles. The van der Waals surface area contributed by atoms with Crippen LogP contribution in [0.25, 0.3) is 0 Å². The summed E-state index contributed by atoms with van der Waals surface area (Å²) in [5, 5.41) is 9.31. The van der Waals surface area contributed by atoms with Crippen LogP contribution in [0.3, 0.4) is 0 Å². The summed E-state index contributed by atoms with van der Waals surface area (Å²) < 4.78 is 0. The summed E-state index contributed by atoms with van der Waals surface area (Å²) in [4.78, 5) is 40.6. The Morgan fingerprint density at radius 2 is 1.87 bits per heavy atom. The largest absolute Gasteiger partial charge is 0.322 e. The Bertz CT molecular complexity index is 876. The molecule has 3 fully saturated rings. The van der Waals surface area contributed by atoms with Crippen LogP contribution in [0.1, 0.15) is 47.2 Å². The van der Waals surface area contributed by atoms with Crippen molar-refractivity contribution in [1.82, 2.24) is 25.8 Å². The van der Waals surface area contributed by atoms with E-state index in [1.165, 1.54) is 25.9 Å². The number of rotatable bonds is 6. The maximum absolute atomic E-state index is 12.8. The van der Waals surface area contributed by atoms with Gasteiger partial charge in [0.15, 0.2) is 0 Å². The number of likely N-dealkylation sites (tertiary alicyclic amines) is 1. The quantitative estimate of drug-likeness (QED) is 0.565. The van der Waals surface area contributed by atoms with Gasteiger partial charge in [-0.3, -0.25) is 24.6 Å². The van der Waals surface area contributed by atoms with Crippen molar-refractivity contribution in [2.45, 2.75) is 50.9 Å². The molecule has 3 saturated heterocycles. The number of imide groups is 1. The number of amides is 3. The summed E-state index contributed by atoms with van der Waals surface area (Å²) in [6.45, 7) is 6.94. The molecule has 1 aromatic rings. The van der Waals surface area contributed by atoms with Crippen molar-refractivity contribution in [3.05, 3.63) is 34.9 Å². The number of hydrogen-bond acceptors (Lipinski definition) is 6. The minimum Gasteiger partial charge on any atom is -0.322 e. The van der Waals surface area contributed by atoms with Crippen LogP contribution in [0, 0.1) is 5.92 Å². The van der Waals surface area contributed by atoms with Gasteiger partial charge in [-0.05, 0) is 62.0 Å². The van der Waals surface area contributed by atoms with Crippen LogP contribution < -0.4 is 16.0 Å². The molecule has 0 bridgehead atoms. The molecule has 3 N–H and O–H groups in total. The minimum atomic E-state index is -0.555. The van der Waals surface area contributed by atoms with E-state index in [0.717, 1.165) is 49.3 Å². The maximum atomic E-state index is 12.8. The van der Waals surface area contributed by atoms with Gasteiger partial charge in [0, 0.05) is 44.2 Å². The normalized spacial score (nSPS) is 25.5. The fourth-order valence-electron chi connectivity index (χ4n) is 5.21. The smallest absolute Gasteiger partial charge is 0.255 e. The zero-order valence-corrected chi connectivity index (χ0v) is 17.9. The van der Waals surface area contributed by atoms with E-state index in [9.17, 15) is 14.4 Å². The summed E-state index contributed by atoms with van der Waals surface area (Å²) in [5.74, 6) is -0.0101. The van der Waals surface area contributed by atoms with E-state index >= 15 is 0 Å². The van der Waals surface area contributed by atoms with Crippen LogP contribution in [0.15, 0.2) is 18.2 Å². The fraction of sp³-hybridized carbons (Fsp3) is 0.609. The highest BCUT2D eigenvalue weighted by Crippen LogP contribution is 2.28. The molecular weight excluding hydrogens is 394 g/mol. The van der Waals surface area contributed by atoms with Crippen molar-refractivity contribution in [3.8, 4) is 0 Å². The second-order valence-electron chi connectivity index (χ2n) is 9.31. The second-order valence-corrected chi connectivity index (χ2v) is 9.31. The first-order valence-corrected chi connectivity index (χ1v) is 11.5. The van der Waals surface area contributed by atoms with E-state index < -0.39 is 6.04 Å². The van der Waals surface area contributed by atoms with Gasteiger partial charge < -0.3 is 15.5 Å². The summed E-state index contributed by atoms with van der Waals surface area (Å²) in [6.07, 6.45) is 3.18. The molecule has 1 unspecified atom stereocenters. The van der Waals surface area contributed by atoms with Crippen molar-refractivity contribution in [2.75, 3.05) is 32.7 Å². The third kappa shape index (κ3) is 4.24. The third-order valence-corrected chi connectivity index (χ3v) is 7.28. The van der Waals surface area contributed by atoms with Gasteiger partial charge in [-0.15, -0.1) is 0 Å². The summed E-state index contributed by atoms with van der Waals surface area (Å²) in [7, 11) is 0. The molecule has 8 nitrogen and oxygen atoms in total. The number of nitrogens with one attached hydrogen (secondary N) is 3. The van der Waals surface area contributed by atoms with Crippen molar-refractivity contribution >= 4 is 17.7 Å². The Labute approximate surface area is 182 Å². The third-order valence-electron chi connectivity index (χ3n) is 7.28. The van der Waals surface area contributed by atoms with Gasteiger partial charge in [-0.25, -0.2) is 0 Å². The second kappa shape index (κ2) is 8.68. The van der Waals surface area contributed by atoms with Gasteiger partial charge in [-0.1, -0.05) is 12.1 Å². The minimum absolute atomic E-state index is 0.113. The molecule has 4 aliphatic rings. The molecule has 166 valence electrons. The fourth-order valence-corrected chi connectivity index (χ4v) is 5.21. The van der Waals surface area contributed by atoms with Crippen LogP contribution >= 0.6 is 0 Å². The van der Waals surface area contributed by atoms with E-state index in [0.29, 0.717) is 18.5 Å². The molecule has 1 aromatic carbocycles. The number of piperidine rings is 2. The van der Waals surface area contributed by atoms with E-state index in [-0.39, 0.29) is 24.1 Å². The molecule has 1 atom stereocenters. The lowest BCUT2D eigenvalue weighted by molar-refractivity contribution is -0.136. The lowest BCUT2D eigenvalue weighted by Gasteiger charge is -2.42. The predicted molar refractivity (Wildman–Crippen MR) is 115 cm³/mol. The highest BCUT2D eigenvalue weighted by Gasteiger charge is 2.39. The first kappa shape index (κ1) is 20.6. The molecule has 31 heavy (non-hydrogen) atoms. The van der Waals surface area contributed by atoms with Crippen molar-refractivity contribution in [1.29, 1.82) is 0 Å². The zero-order valence-electron chi connectivity index (χ0n) is 17.9. The first-order valence-electron chi connectivity index (χ1n) is 11.5. The Hall–Kier alpha value is -2.29. The zero-order chi connectivity index (χ0) is 21.4. The molecule has 3 amide bonds. The molecule has 0 spiro atoms. The molecule has 0 radical (unpaired) electrons. The molecule has 4 heterocycles. The van der Waals surface area contributed by atoms with Crippen molar-refractivity contribution < 1.29 is 14.4 Å². The van der Waals surface area contributed by atoms with Crippen LogP contribution in [0.2, 0.25) is 0 Å². The average molecular weight is 426 g/mol. The van der Waals surface area contributed by atoms with Crippen molar-refractivity contribution in [2.24, 2.45) is 5.92 Å². The van der Waals surface area contributed by atoms with E-state index in [1.54, 1.807) is 4.90 Å². The Kier molecular flexibility index (Phi) is 5.77. The van der Waals surface area contributed by atoms with Crippen LogP contribution in [-0.2, 0) is 22.7 Å². The Morgan fingerprint density at radius 1 is 1.06 bits per heavy atom. The molecule has 8 heteroatoms. The maximum Gasteiger partial charge on any atom is 0.255 e. The number of benzene rings is 1.